The summed E-state index contributed by atoms with van der Waals surface area (Å²) in [7, 11) is 0. The fraction of sp³-hybridized carbons (Fsp3) is 0.500. The summed E-state index contributed by atoms with van der Waals surface area (Å²) in [5, 5.41) is 0. The number of carbonyl (C=O) groups is 1. The Balaban J connectivity index is 1.38. The van der Waals surface area contributed by atoms with E-state index in [2.05, 4.69) is 20.9 Å². The maximum absolute atomic E-state index is 12.6. The zero-order valence-corrected chi connectivity index (χ0v) is 16.7. The van der Waals surface area contributed by atoms with Crippen LogP contribution in [0, 0.1) is 6.92 Å². The topological polar surface area (TPSA) is 52.6 Å². The lowest BCUT2D eigenvalue weighted by atomic mass is 10.1. The lowest BCUT2D eigenvalue weighted by Crippen LogP contribution is -2.49. The van der Waals surface area contributed by atoms with Crippen molar-refractivity contribution in [2.75, 3.05) is 49.1 Å². The van der Waals surface area contributed by atoms with Gasteiger partial charge in [0, 0.05) is 51.0 Å². The number of hydrogen-bond acceptors (Lipinski definition) is 5. The highest BCUT2D eigenvalue weighted by Crippen LogP contribution is 2.21. The number of aromatic nitrogens is 2. The fourth-order valence-corrected chi connectivity index (χ4v) is 4.00. The third kappa shape index (κ3) is 4.43. The number of anilines is 2. The molecule has 0 saturated carbocycles. The van der Waals surface area contributed by atoms with Crippen LogP contribution >= 0.6 is 0 Å². The number of benzene rings is 1. The molecule has 2 aliphatic rings. The van der Waals surface area contributed by atoms with E-state index in [1.165, 1.54) is 19.3 Å². The molecule has 2 aromatic rings. The van der Waals surface area contributed by atoms with Crippen molar-refractivity contribution in [2.45, 2.75) is 32.6 Å². The Hall–Kier alpha value is -2.63. The van der Waals surface area contributed by atoms with Crippen molar-refractivity contribution < 1.29 is 4.79 Å². The van der Waals surface area contributed by atoms with Crippen LogP contribution in [0.5, 0.6) is 0 Å². The SMILES string of the molecule is Cc1cc(N2CCN(C(=O)Cc3ccccc3)CC2)nc(N2CCCCC2)n1. The van der Waals surface area contributed by atoms with E-state index in [1.807, 2.05) is 42.2 Å². The fourth-order valence-electron chi connectivity index (χ4n) is 4.00. The second-order valence-electron chi connectivity index (χ2n) is 7.75. The lowest BCUT2D eigenvalue weighted by molar-refractivity contribution is -0.130. The van der Waals surface area contributed by atoms with Crippen LogP contribution in [0.25, 0.3) is 0 Å². The number of hydrogen-bond donors (Lipinski definition) is 0. The van der Waals surface area contributed by atoms with E-state index in [0.29, 0.717) is 6.42 Å². The number of rotatable bonds is 4. The number of aryl methyl sites for hydroxylation is 1. The van der Waals surface area contributed by atoms with E-state index in [9.17, 15) is 4.79 Å². The van der Waals surface area contributed by atoms with E-state index in [-0.39, 0.29) is 5.91 Å². The average molecular weight is 380 g/mol. The largest absolute Gasteiger partial charge is 0.353 e. The van der Waals surface area contributed by atoms with Crippen LogP contribution in [0.3, 0.4) is 0 Å². The summed E-state index contributed by atoms with van der Waals surface area (Å²) in [5.41, 5.74) is 2.08. The smallest absolute Gasteiger partial charge is 0.227 e. The predicted molar refractivity (Wildman–Crippen MR) is 112 cm³/mol. The van der Waals surface area contributed by atoms with Crippen LogP contribution in [0.15, 0.2) is 36.4 Å². The van der Waals surface area contributed by atoms with Crippen molar-refractivity contribution >= 4 is 17.7 Å². The van der Waals surface area contributed by atoms with Crippen molar-refractivity contribution in [1.82, 2.24) is 14.9 Å². The first kappa shape index (κ1) is 18.7. The lowest BCUT2D eigenvalue weighted by Gasteiger charge is -2.36. The summed E-state index contributed by atoms with van der Waals surface area (Å²) in [6.45, 7) is 7.25. The number of piperidine rings is 1. The summed E-state index contributed by atoms with van der Waals surface area (Å²) in [6, 6.07) is 12.0. The highest BCUT2D eigenvalue weighted by Gasteiger charge is 2.23. The Labute approximate surface area is 167 Å². The summed E-state index contributed by atoms with van der Waals surface area (Å²) < 4.78 is 0. The normalized spacial score (nSPS) is 17.7. The Kier molecular flexibility index (Phi) is 5.74. The van der Waals surface area contributed by atoms with E-state index in [1.54, 1.807) is 0 Å². The third-order valence-electron chi connectivity index (χ3n) is 5.62. The predicted octanol–water partition coefficient (Wildman–Crippen LogP) is 2.67. The molecule has 0 aliphatic carbocycles. The van der Waals surface area contributed by atoms with Gasteiger partial charge in [0.15, 0.2) is 0 Å². The van der Waals surface area contributed by atoms with Crippen molar-refractivity contribution in [3.63, 3.8) is 0 Å². The number of nitrogens with zero attached hydrogens (tertiary/aromatic N) is 5. The molecule has 0 N–H and O–H groups in total. The van der Waals surface area contributed by atoms with Gasteiger partial charge in [0.25, 0.3) is 0 Å². The Morgan fingerprint density at radius 2 is 1.61 bits per heavy atom. The van der Waals surface area contributed by atoms with E-state index in [0.717, 1.165) is 62.3 Å². The summed E-state index contributed by atoms with van der Waals surface area (Å²) in [6.07, 6.45) is 4.21. The molecule has 148 valence electrons. The molecule has 6 nitrogen and oxygen atoms in total. The second kappa shape index (κ2) is 8.59. The standard InChI is InChI=1S/C22H29N5O/c1-18-16-20(24-22(23-18)27-10-6-3-7-11-27)25-12-14-26(15-13-25)21(28)17-19-8-4-2-5-9-19/h2,4-5,8-9,16H,3,6-7,10-15,17H2,1H3. The van der Waals surface area contributed by atoms with Gasteiger partial charge in [-0.3, -0.25) is 4.79 Å². The van der Waals surface area contributed by atoms with Gasteiger partial charge in [-0.25, -0.2) is 4.98 Å². The zero-order chi connectivity index (χ0) is 19.3. The number of piperazine rings is 1. The van der Waals surface area contributed by atoms with Crippen molar-refractivity contribution in [1.29, 1.82) is 0 Å². The highest BCUT2D eigenvalue weighted by molar-refractivity contribution is 5.79. The van der Waals surface area contributed by atoms with Gasteiger partial charge < -0.3 is 14.7 Å². The molecule has 6 heteroatoms. The quantitative estimate of drug-likeness (QED) is 0.818. The molecule has 1 aromatic carbocycles. The molecule has 2 saturated heterocycles. The van der Waals surface area contributed by atoms with Crippen LogP contribution in [-0.4, -0.2) is 60.0 Å². The minimum absolute atomic E-state index is 0.207. The molecule has 0 spiro atoms. The summed E-state index contributed by atoms with van der Waals surface area (Å²) in [4.78, 5) is 28.7. The first-order valence-electron chi connectivity index (χ1n) is 10.4. The molecule has 2 fully saturated rings. The molecular formula is C22H29N5O. The minimum Gasteiger partial charge on any atom is -0.353 e. The first-order valence-corrected chi connectivity index (χ1v) is 10.4. The maximum Gasteiger partial charge on any atom is 0.227 e. The van der Waals surface area contributed by atoms with Gasteiger partial charge in [0.05, 0.1) is 6.42 Å². The van der Waals surface area contributed by atoms with Crippen LogP contribution in [0.1, 0.15) is 30.5 Å². The minimum atomic E-state index is 0.207. The Bertz CT molecular complexity index is 796. The van der Waals surface area contributed by atoms with Crippen LogP contribution in [0.2, 0.25) is 0 Å². The molecule has 3 heterocycles. The third-order valence-corrected chi connectivity index (χ3v) is 5.62. The van der Waals surface area contributed by atoms with E-state index < -0.39 is 0 Å². The summed E-state index contributed by atoms with van der Waals surface area (Å²) in [5.74, 6) is 2.05. The van der Waals surface area contributed by atoms with Crippen LogP contribution < -0.4 is 9.80 Å². The van der Waals surface area contributed by atoms with Gasteiger partial charge in [-0.15, -0.1) is 0 Å². The van der Waals surface area contributed by atoms with Gasteiger partial charge in [0.2, 0.25) is 11.9 Å². The molecule has 0 bridgehead atoms. The number of amides is 1. The Morgan fingerprint density at radius 1 is 0.893 bits per heavy atom. The molecule has 0 radical (unpaired) electrons. The second-order valence-corrected chi connectivity index (χ2v) is 7.75. The van der Waals surface area contributed by atoms with Gasteiger partial charge in [0.1, 0.15) is 5.82 Å². The monoisotopic (exact) mass is 379 g/mol. The highest BCUT2D eigenvalue weighted by atomic mass is 16.2. The molecule has 1 aromatic heterocycles. The molecule has 2 aliphatic heterocycles. The first-order chi connectivity index (χ1) is 13.7. The molecule has 1 amide bonds. The maximum atomic E-state index is 12.6. The van der Waals surface area contributed by atoms with E-state index in [4.69, 9.17) is 4.98 Å². The average Bonchev–Trinajstić information content (AvgIpc) is 2.75. The van der Waals surface area contributed by atoms with Crippen molar-refractivity contribution in [3.05, 3.63) is 47.7 Å². The van der Waals surface area contributed by atoms with Gasteiger partial charge in [-0.1, -0.05) is 30.3 Å². The van der Waals surface area contributed by atoms with Gasteiger partial charge in [-0.2, -0.15) is 4.98 Å². The number of carbonyl (C=O) groups excluding carboxylic acids is 1. The Morgan fingerprint density at radius 3 is 2.32 bits per heavy atom. The molecule has 0 atom stereocenters. The molecule has 0 unspecified atom stereocenters. The zero-order valence-electron chi connectivity index (χ0n) is 16.7. The van der Waals surface area contributed by atoms with Crippen LogP contribution in [-0.2, 0) is 11.2 Å². The molecule has 28 heavy (non-hydrogen) atoms. The molecular weight excluding hydrogens is 350 g/mol. The van der Waals surface area contributed by atoms with E-state index >= 15 is 0 Å². The van der Waals surface area contributed by atoms with Crippen molar-refractivity contribution in [2.24, 2.45) is 0 Å². The van der Waals surface area contributed by atoms with Crippen LogP contribution in [0.4, 0.5) is 11.8 Å². The van der Waals surface area contributed by atoms with Gasteiger partial charge >= 0.3 is 0 Å². The molecule has 4 rings (SSSR count). The summed E-state index contributed by atoms with van der Waals surface area (Å²) >= 11 is 0. The van der Waals surface area contributed by atoms with Gasteiger partial charge in [-0.05, 0) is 31.7 Å². The van der Waals surface area contributed by atoms with Crippen molar-refractivity contribution in [3.8, 4) is 0 Å².